The minimum absolute atomic E-state index is 0.146. The van der Waals surface area contributed by atoms with Crippen LogP contribution in [-0.2, 0) is 24.3 Å². The summed E-state index contributed by atoms with van der Waals surface area (Å²) in [5.41, 5.74) is 1.84. The third kappa shape index (κ3) is 3.41. The Labute approximate surface area is 112 Å². The number of ether oxygens (including phenoxy) is 1. The maximum atomic E-state index is 12.0. The van der Waals surface area contributed by atoms with Crippen LogP contribution in [0.15, 0.2) is 6.07 Å². The third-order valence-electron chi connectivity index (χ3n) is 2.80. The zero-order valence-corrected chi connectivity index (χ0v) is 11.5. The molecule has 6 heteroatoms. The highest BCUT2D eigenvalue weighted by molar-refractivity contribution is 5.68. The molecule has 0 unspecified atom stereocenters. The average Bonchev–Trinajstić information content (AvgIpc) is 2.35. The van der Waals surface area contributed by atoms with Gasteiger partial charge in [-0.1, -0.05) is 0 Å². The minimum atomic E-state index is -0.496. The Hall–Kier alpha value is -1.69. The molecule has 1 aromatic rings. The molecule has 0 saturated heterocycles. The third-order valence-corrected chi connectivity index (χ3v) is 2.80. The molecule has 6 nitrogen and oxygen atoms in total. The van der Waals surface area contributed by atoms with Crippen molar-refractivity contribution in [3.8, 4) is 0 Å². The fraction of sp³-hybridized carbons (Fsp3) is 0.615. The van der Waals surface area contributed by atoms with E-state index in [2.05, 4.69) is 10.2 Å². The first-order valence-corrected chi connectivity index (χ1v) is 6.32. The van der Waals surface area contributed by atoms with Gasteiger partial charge in [-0.05, 0) is 32.4 Å². The summed E-state index contributed by atoms with van der Waals surface area (Å²) in [4.78, 5) is 13.6. The van der Waals surface area contributed by atoms with Crippen molar-refractivity contribution in [2.24, 2.45) is 0 Å². The van der Waals surface area contributed by atoms with Crippen molar-refractivity contribution in [1.29, 1.82) is 0 Å². The SMILES string of the molecule is CC(C)(C)OC(=O)N1CCc2nnc(CO)cc2C1. The number of fused-ring (bicyclic) bond motifs is 1. The number of rotatable bonds is 1. The van der Waals surface area contributed by atoms with Gasteiger partial charge in [-0.15, -0.1) is 0 Å². The molecule has 0 saturated carbocycles. The molecule has 2 rings (SSSR count). The van der Waals surface area contributed by atoms with Gasteiger partial charge >= 0.3 is 6.09 Å². The van der Waals surface area contributed by atoms with Crippen LogP contribution in [0.4, 0.5) is 4.79 Å². The van der Waals surface area contributed by atoms with E-state index in [4.69, 9.17) is 9.84 Å². The van der Waals surface area contributed by atoms with Crippen LogP contribution in [0.5, 0.6) is 0 Å². The first-order valence-electron chi connectivity index (χ1n) is 6.32. The summed E-state index contributed by atoms with van der Waals surface area (Å²) in [5, 5.41) is 17.0. The van der Waals surface area contributed by atoms with Gasteiger partial charge in [0.2, 0.25) is 0 Å². The van der Waals surface area contributed by atoms with E-state index in [1.54, 1.807) is 11.0 Å². The fourth-order valence-corrected chi connectivity index (χ4v) is 1.93. The van der Waals surface area contributed by atoms with E-state index in [1.165, 1.54) is 0 Å². The topological polar surface area (TPSA) is 75.5 Å². The molecule has 1 N–H and O–H groups in total. The number of aromatic nitrogens is 2. The molecular weight excluding hydrogens is 246 g/mol. The van der Waals surface area contributed by atoms with Gasteiger partial charge in [0.25, 0.3) is 0 Å². The van der Waals surface area contributed by atoms with E-state index in [1.807, 2.05) is 20.8 Å². The van der Waals surface area contributed by atoms with E-state index < -0.39 is 5.60 Å². The summed E-state index contributed by atoms with van der Waals surface area (Å²) in [6.07, 6.45) is 0.341. The highest BCUT2D eigenvalue weighted by Gasteiger charge is 2.26. The summed E-state index contributed by atoms with van der Waals surface area (Å²) < 4.78 is 5.35. The van der Waals surface area contributed by atoms with Crippen molar-refractivity contribution in [2.75, 3.05) is 6.54 Å². The summed E-state index contributed by atoms with van der Waals surface area (Å²) in [6.45, 7) is 6.42. The van der Waals surface area contributed by atoms with Gasteiger partial charge < -0.3 is 14.7 Å². The summed E-state index contributed by atoms with van der Waals surface area (Å²) in [7, 11) is 0. The Morgan fingerprint density at radius 1 is 1.47 bits per heavy atom. The summed E-state index contributed by atoms with van der Waals surface area (Å²) >= 11 is 0. The lowest BCUT2D eigenvalue weighted by Gasteiger charge is -2.30. The first kappa shape index (κ1) is 13.7. The predicted molar refractivity (Wildman–Crippen MR) is 68.3 cm³/mol. The number of nitrogens with zero attached hydrogens (tertiary/aromatic N) is 3. The zero-order chi connectivity index (χ0) is 14.0. The number of carbonyl (C=O) groups excluding carboxylic acids is 1. The maximum absolute atomic E-state index is 12.0. The molecule has 104 valence electrons. The van der Waals surface area contributed by atoms with Crippen LogP contribution in [-0.4, -0.2) is 38.4 Å². The van der Waals surface area contributed by atoms with Crippen molar-refractivity contribution in [3.05, 3.63) is 23.0 Å². The Balaban J connectivity index is 2.10. The molecule has 0 fully saturated rings. The zero-order valence-electron chi connectivity index (χ0n) is 11.5. The monoisotopic (exact) mass is 265 g/mol. The highest BCUT2D eigenvalue weighted by atomic mass is 16.6. The van der Waals surface area contributed by atoms with Gasteiger partial charge in [0, 0.05) is 13.0 Å². The van der Waals surface area contributed by atoms with Crippen LogP contribution < -0.4 is 0 Å². The number of aliphatic hydroxyl groups is 1. The van der Waals surface area contributed by atoms with Gasteiger partial charge in [-0.3, -0.25) is 0 Å². The van der Waals surface area contributed by atoms with Crippen molar-refractivity contribution < 1.29 is 14.6 Å². The van der Waals surface area contributed by atoms with Crippen LogP contribution in [0.25, 0.3) is 0 Å². The quantitative estimate of drug-likeness (QED) is 0.827. The lowest BCUT2D eigenvalue weighted by atomic mass is 10.1. The van der Waals surface area contributed by atoms with E-state index in [0.29, 0.717) is 25.2 Å². The minimum Gasteiger partial charge on any atom is -0.444 e. The Bertz CT molecular complexity index is 483. The number of hydrogen-bond acceptors (Lipinski definition) is 5. The maximum Gasteiger partial charge on any atom is 0.410 e. The molecular formula is C13H19N3O3. The summed E-state index contributed by atoms with van der Waals surface area (Å²) in [6, 6.07) is 1.79. The molecule has 2 heterocycles. The molecule has 1 amide bonds. The van der Waals surface area contributed by atoms with Crippen LogP contribution in [0.3, 0.4) is 0 Å². The molecule has 19 heavy (non-hydrogen) atoms. The van der Waals surface area contributed by atoms with Gasteiger partial charge in [0.05, 0.1) is 24.5 Å². The Morgan fingerprint density at radius 2 is 2.21 bits per heavy atom. The molecule has 1 aliphatic heterocycles. The van der Waals surface area contributed by atoms with Crippen molar-refractivity contribution >= 4 is 6.09 Å². The summed E-state index contributed by atoms with van der Waals surface area (Å²) in [5.74, 6) is 0. The number of amides is 1. The highest BCUT2D eigenvalue weighted by Crippen LogP contribution is 2.19. The van der Waals surface area contributed by atoms with Crippen LogP contribution in [0, 0.1) is 0 Å². The van der Waals surface area contributed by atoms with E-state index in [9.17, 15) is 4.79 Å². The largest absolute Gasteiger partial charge is 0.444 e. The van der Waals surface area contributed by atoms with Gasteiger partial charge in [0.1, 0.15) is 5.60 Å². The smallest absolute Gasteiger partial charge is 0.410 e. The molecule has 1 aromatic heterocycles. The van der Waals surface area contributed by atoms with Gasteiger partial charge in [-0.25, -0.2) is 4.79 Å². The molecule has 0 aliphatic carbocycles. The number of carbonyl (C=O) groups is 1. The van der Waals surface area contributed by atoms with E-state index in [-0.39, 0.29) is 12.7 Å². The number of aliphatic hydroxyl groups excluding tert-OH is 1. The average molecular weight is 265 g/mol. The Morgan fingerprint density at radius 3 is 2.84 bits per heavy atom. The molecule has 1 aliphatic rings. The van der Waals surface area contributed by atoms with Gasteiger partial charge in [0.15, 0.2) is 0 Å². The second kappa shape index (κ2) is 5.13. The van der Waals surface area contributed by atoms with Crippen molar-refractivity contribution in [1.82, 2.24) is 15.1 Å². The number of hydrogen-bond donors (Lipinski definition) is 1. The molecule has 0 aromatic carbocycles. The lowest BCUT2D eigenvalue weighted by Crippen LogP contribution is -2.40. The van der Waals surface area contributed by atoms with Crippen LogP contribution in [0.1, 0.15) is 37.7 Å². The second-order valence-corrected chi connectivity index (χ2v) is 5.62. The van der Waals surface area contributed by atoms with Crippen LogP contribution >= 0.6 is 0 Å². The van der Waals surface area contributed by atoms with Gasteiger partial charge in [-0.2, -0.15) is 10.2 Å². The predicted octanol–water partition coefficient (Wildman–Crippen LogP) is 1.26. The van der Waals surface area contributed by atoms with E-state index in [0.717, 1.165) is 11.3 Å². The fourth-order valence-electron chi connectivity index (χ4n) is 1.93. The van der Waals surface area contributed by atoms with Crippen molar-refractivity contribution in [2.45, 2.75) is 45.9 Å². The lowest BCUT2D eigenvalue weighted by molar-refractivity contribution is 0.0222. The second-order valence-electron chi connectivity index (χ2n) is 5.62. The van der Waals surface area contributed by atoms with Crippen molar-refractivity contribution in [3.63, 3.8) is 0 Å². The first-order chi connectivity index (χ1) is 8.89. The van der Waals surface area contributed by atoms with E-state index >= 15 is 0 Å². The Kier molecular flexibility index (Phi) is 3.71. The molecule has 0 radical (unpaired) electrons. The molecule has 0 bridgehead atoms. The normalized spacial score (nSPS) is 15.1. The molecule has 0 atom stereocenters. The standard InChI is InChI=1S/C13H19N3O3/c1-13(2,3)19-12(18)16-5-4-11-9(7-16)6-10(8-17)14-15-11/h6,17H,4-5,7-8H2,1-3H3. The molecule has 0 spiro atoms. The van der Waals surface area contributed by atoms with Crippen LogP contribution in [0.2, 0.25) is 0 Å².